The summed E-state index contributed by atoms with van der Waals surface area (Å²) in [7, 11) is 4.73. The highest BCUT2D eigenvalue weighted by Crippen LogP contribution is 2.42. The van der Waals surface area contributed by atoms with Gasteiger partial charge in [0.25, 0.3) is 0 Å². The molecule has 32 heavy (non-hydrogen) atoms. The molecule has 0 bridgehead atoms. The van der Waals surface area contributed by atoms with Crippen LogP contribution in [0.25, 0.3) is 11.1 Å². The van der Waals surface area contributed by atoms with Gasteiger partial charge in [-0.2, -0.15) is 0 Å². The van der Waals surface area contributed by atoms with Crippen LogP contribution in [0, 0.1) is 0 Å². The van der Waals surface area contributed by atoms with E-state index in [2.05, 4.69) is 0 Å². The molecule has 0 aromatic heterocycles. The third kappa shape index (κ3) is 5.53. The lowest BCUT2D eigenvalue weighted by Crippen LogP contribution is -2.14. The van der Waals surface area contributed by atoms with Gasteiger partial charge in [-0.3, -0.25) is 4.79 Å². The number of carbonyl (C=O) groups is 1. The summed E-state index contributed by atoms with van der Waals surface area (Å²) in [6, 6.07) is 20.7. The molecule has 0 heterocycles. The highest BCUT2D eigenvalue weighted by molar-refractivity contribution is 6.13. The second kappa shape index (κ2) is 12.0. The summed E-state index contributed by atoms with van der Waals surface area (Å²) in [6.07, 6.45) is 0.488. The first kappa shape index (κ1) is 23.5. The Morgan fingerprint density at radius 3 is 1.94 bits per heavy atom. The van der Waals surface area contributed by atoms with Crippen LogP contribution in [0.1, 0.15) is 21.5 Å². The van der Waals surface area contributed by atoms with Crippen LogP contribution >= 0.6 is 0 Å². The maximum atomic E-state index is 13.7. The number of rotatable bonds is 12. The molecule has 0 spiro atoms. The third-order valence-corrected chi connectivity index (χ3v) is 4.90. The van der Waals surface area contributed by atoms with Gasteiger partial charge in [-0.05, 0) is 17.5 Å². The van der Waals surface area contributed by atoms with Crippen molar-refractivity contribution in [3.05, 3.63) is 83.4 Å². The first-order chi connectivity index (χ1) is 15.7. The zero-order valence-corrected chi connectivity index (χ0v) is 18.6. The molecule has 6 heteroatoms. The van der Waals surface area contributed by atoms with Crippen LogP contribution < -0.4 is 9.47 Å². The molecule has 3 aromatic carbocycles. The first-order valence-electron chi connectivity index (χ1n) is 10.3. The van der Waals surface area contributed by atoms with E-state index >= 15 is 0 Å². The van der Waals surface area contributed by atoms with Crippen molar-refractivity contribution in [3.8, 4) is 22.6 Å². The van der Waals surface area contributed by atoms with E-state index < -0.39 is 0 Å². The largest absolute Gasteiger partial charge is 0.467 e. The molecular formula is C26H28O6. The van der Waals surface area contributed by atoms with Crippen LogP contribution in [0.2, 0.25) is 0 Å². The minimum atomic E-state index is -0.140. The summed E-state index contributed by atoms with van der Waals surface area (Å²) in [5.41, 5.74) is 3.55. The van der Waals surface area contributed by atoms with Crippen molar-refractivity contribution in [2.75, 3.05) is 41.5 Å². The molecular weight excluding hydrogens is 408 g/mol. The minimum absolute atomic E-state index is 0.00676. The summed E-state index contributed by atoms with van der Waals surface area (Å²) in [6.45, 7) is 0.471. The van der Waals surface area contributed by atoms with Gasteiger partial charge in [-0.25, -0.2) is 0 Å². The average molecular weight is 437 g/mol. The Balaban J connectivity index is 2.31. The number of benzene rings is 3. The molecule has 0 saturated heterocycles. The van der Waals surface area contributed by atoms with Gasteiger partial charge in [0.05, 0.1) is 12.2 Å². The Morgan fingerprint density at radius 2 is 1.34 bits per heavy atom. The van der Waals surface area contributed by atoms with Crippen molar-refractivity contribution in [2.24, 2.45) is 0 Å². The third-order valence-electron chi connectivity index (χ3n) is 4.90. The molecule has 3 aromatic rings. The second-order valence-electron chi connectivity index (χ2n) is 7.01. The Kier molecular flexibility index (Phi) is 8.80. The second-order valence-corrected chi connectivity index (χ2v) is 7.01. The molecule has 168 valence electrons. The molecule has 0 amide bonds. The summed E-state index contributed by atoms with van der Waals surface area (Å²) in [4.78, 5) is 13.7. The van der Waals surface area contributed by atoms with E-state index in [1.165, 1.54) is 7.11 Å². The number of carbonyl (C=O) groups excluding carboxylic acids is 1. The summed E-state index contributed by atoms with van der Waals surface area (Å²) in [5.74, 6) is 0.802. The van der Waals surface area contributed by atoms with Crippen LogP contribution in [0.3, 0.4) is 0 Å². The Hall–Kier alpha value is -3.19. The highest BCUT2D eigenvalue weighted by atomic mass is 16.7. The standard InChI is InChI=1S/C26H28O6/c1-28-15-14-21-24(19-10-6-4-7-11-19)22(31-17-29-2)16-23(32-18-30-3)25(21)26(27)20-12-8-5-9-13-20/h4-13,16H,14-15,17-18H2,1-3H3. The maximum absolute atomic E-state index is 13.7. The van der Waals surface area contributed by atoms with Crippen LogP contribution in [0.4, 0.5) is 0 Å². The first-order valence-corrected chi connectivity index (χ1v) is 10.3. The molecule has 0 unspecified atom stereocenters. The van der Waals surface area contributed by atoms with Crippen molar-refractivity contribution >= 4 is 5.78 Å². The fourth-order valence-electron chi connectivity index (χ4n) is 3.52. The molecule has 0 N–H and O–H groups in total. The molecule has 0 aliphatic heterocycles. The van der Waals surface area contributed by atoms with Gasteiger partial charge in [-0.15, -0.1) is 0 Å². The maximum Gasteiger partial charge on any atom is 0.197 e. The van der Waals surface area contributed by atoms with Gasteiger partial charge in [-0.1, -0.05) is 60.7 Å². The fourth-order valence-corrected chi connectivity index (χ4v) is 3.52. The number of ether oxygens (including phenoxy) is 5. The van der Waals surface area contributed by atoms with E-state index in [9.17, 15) is 4.79 Å². The minimum Gasteiger partial charge on any atom is -0.467 e. The monoisotopic (exact) mass is 436 g/mol. The number of ketones is 1. The van der Waals surface area contributed by atoms with Gasteiger partial charge < -0.3 is 23.7 Å². The Labute approximate surface area is 188 Å². The van der Waals surface area contributed by atoms with Gasteiger partial charge >= 0.3 is 0 Å². The van der Waals surface area contributed by atoms with Gasteiger partial charge in [0.15, 0.2) is 19.4 Å². The average Bonchev–Trinajstić information content (AvgIpc) is 2.85. The van der Waals surface area contributed by atoms with Crippen LogP contribution in [-0.2, 0) is 20.6 Å². The zero-order valence-electron chi connectivity index (χ0n) is 18.6. The highest BCUT2D eigenvalue weighted by Gasteiger charge is 2.26. The topological polar surface area (TPSA) is 63.2 Å². The quantitative estimate of drug-likeness (QED) is 0.302. The van der Waals surface area contributed by atoms with Crippen molar-refractivity contribution in [2.45, 2.75) is 6.42 Å². The molecule has 0 radical (unpaired) electrons. The number of methoxy groups -OCH3 is 3. The summed E-state index contributed by atoms with van der Waals surface area (Å²) < 4.78 is 27.4. The van der Waals surface area contributed by atoms with E-state index in [1.54, 1.807) is 32.4 Å². The van der Waals surface area contributed by atoms with Gasteiger partial charge in [0.1, 0.15) is 11.5 Å². The summed E-state index contributed by atoms with van der Waals surface area (Å²) in [5, 5.41) is 0. The van der Waals surface area contributed by atoms with Crippen LogP contribution in [-0.4, -0.2) is 47.3 Å². The van der Waals surface area contributed by atoms with E-state index in [4.69, 9.17) is 23.7 Å². The van der Waals surface area contributed by atoms with Crippen molar-refractivity contribution < 1.29 is 28.5 Å². The Bertz CT molecular complexity index is 1000. The van der Waals surface area contributed by atoms with Gasteiger partial charge in [0, 0.05) is 38.5 Å². The molecule has 0 saturated carbocycles. The van der Waals surface area contributed by atoms with Crippen LogP contribution in [0.5, 0.6) is 11.5 Å². The van der Waals surface area contributed by atoms with Crippen LogP contribution in [0.15, 0.2) is 66.7 Å². The Morgan fingerprint density at radius 1 is 0.750 bits per heavy atom. The summed E-state index contributed by atoms with van der Waals surface area (Å²) >= 11 is 0. The number of hydrogen-bond donors (Lipinski definition) is 0. The SMILES string of the molecule is COCCc1c(C(=O)c2ccccc2)c(OCOC)cc(OCOC)c1-c1ccccc1. The van der Waals surface area contributed by atoms with Gasteiger partial charge in [0.2, 0.25) is 0 Å². The molecule has 0 atom stereocenters. The molecule has 0 aliphatic rings. The van der Waals surface area contributed by atoms with E-state index in [0.717, 1.165) is 16.7 Å². The predicted octanol–water partition coefficient (Wildman–Crippen LogP) is 4.74. The lowest BCUT2D eigenvalue weighted by molar-refractivity contribution is 0.0457. The smallest absolute Gasteiger partial charge is 0.197 e. The fraction of sp³-hybridized carbons (Fsp3) is 0.269. The predicted molar refractivity (Wildman–Crippen MR) is 122 cm³/mol. The van der Waals surface area contributed by atoms with Crippen molar-refractivity contribution in [3.63, 3.8) is 0 Å². The molecule has 6 nitrogen and oxygen atoms in total. The normalized spacial score (nSPS) is 10.7. The van der Waals surface area contributed by atoms with Crippen molar-refractivity contribution in [1.29, 1.82) is 0 Å². The van der Waals surface area contributed by atoms with E-state index in [-0.39, 0.29) is 19.4 Å². The lowest BCUT2D eigenvalue weighted by atomic mass is 9.88. The van der Waals surface area contributed by atoms with E-state index in [1.807, 2.05) is 48.5 Å². The molecule has 3 rings (SSSR count). The molecule has 0 aliphatic carbocycles. The lowest BCUT2D eigenvalue weighted by Gasteiger charge is -2.22. The number of hydrogen-bond acceptors (Lipinski definition) is 6. The van der Waals surface area contributed by atoms with Crippen molar-refractivity contribution in [1.82, 2.24) is 0 Å². The molecule has 0 fully saturated rings. The van der Waals surface area contributed by atoms with E-state index in [0.29, 0.717) is 35.7 Å². The zero-order chi connectivity index (χ0) is 22.8.